The van der Waals surface area contributed by atoms with E-state index in [1.165, 1.54) is 12.5 Å². The van der Waals surface area contributed by atoms with Crippen molar-refractivity contribution in [1.82, 2.24) is 15.0 Å². The zero-order chi connectivity index (χ0) is 17.8. The van der Waals surface area contributed by atoms with Gasteiger partial charge in [0.25, 0.3) is 0 Å². The molecule has 0 radical (unpaired) electrons. The van der Waals surface area contributed by atoms with Crippen LogP contribution in [0.15, 0.2) is 24.5 Å². The van der Waals surface area contributed by atoms with Crippen molar-refractivity contribution in [3.05, 3.63) is 35.8 Å². The van der Waals surface area contributed by atoms with Crippen molar-refractivity contribution in [1.29, 1.82) is 5.41 Å². The first kappa shape index (κ1) is 16.7. The Labute approximate surface area is 144 Å². The molecule has 0 aliphatic rings. The van der Waals surface area contributed by atoms with Gasteiger partial charge in [0, 0.05) is 35.8 Å². The predicted octanol–water partition coefficient (Wildman–Crippen LogP) is 2.21. The van der Waals surface area contributed by atoms with Gasteiger partial charge in [-0.2, -0.15) is 0 Å². The Bertz CT molecular complexity index is 906. The summed E-state index contributed by atoms with van der Waals surface area (Å²) in [5.74, 6) is 1.18. The largest absolute Gasteiger partial charge is 0.494 e. The summed E-state index contributed by atoms with van der Waals surface area (Å²) in [5, 5.41) is 20.5. The monoisotopic (exact) mass is 340 g/mol. The Morgan fingerprint density at radius 2 is 2.20 bits per heavy atom. The van der Waals surface area contributed by atoms with Crippen LogP contribution in [0.3, 0.4) is 0 Å². The number of methoxy groups -OCH3 is 1. The number of fused-ring (bicyclic) bond motifs is 1. The molecule has 8 heteroatoms. The fourth-order valence-corrected chi connectivity index (χ4v) is 2.63. The van der Waals surface area contributed by atoms with Crippen LogP contribution in [-0.2, 0) is 6.42 Å². The van der Waals surface area contributed by atoms with E-state index in [2.05, 4.69) is 20.3 Å². The molecule has 0 atom stereocenters. The second kappa shape index (κ2) is 7.18. The lowest BCUT2D eigenvalue weighted by molar-refractivity contribution is 0.288. The molecule has 130 valence electrons. The molecule has 0 aliphatic heterocycles. The molecule has 0 bridgehead atoms. The Kier molecular flexibility index (Phi) is 4.80. The van der Waals surface area contributed by atoms with Crippen LogP contribution in [-0.4, -0.2) is 40.0 Å². The second-order valence-electron chi connectivity index (χ2n) is 5.56. The van der Waals surface area contributed by atoms with Gasteiger partial charge in [-0.3, -0.25) is 0 Å². The van der Waals surface area contributed by atoms with Crippen LogP contribution in [0, 0.1) is 5.41 Å². The Hall–Kier alpha value is -3.13. The van der Waals surface area contributed by atoms with Gasteiger partial charge in [0.1, 0.15) is 23.5 Å². The summed E-state index contributed by atoms with van der Waals surface area (Å²) in [6.45, 7) is 0.140. The number of anilines is 3. The lowest BCUT2D eigenvalue weighted by atomic mass is 10.1. The SMILES string of the molecule is COc1cc(N)c(C=N)cc1Nc1ncnc2[nH]c(CCCO)cc12. The minimum atomic E-state index is 0.140. The number of nitrogens with zero attached hydrogens (tertiary/aromatic N) is 2. The number of hydrogen-bond acceptors (Lipinski definition) is 7. The van der Waals surface area contributed by atoms with Gasteiger partial charge in [-0.25, -0.2) is 9.97 Å². The van der Waals surface area contributed by atoms with Crippen LogP contribution in [0.2, 0.25) is 0 Å². The number of nitrogen functional groups attached to an aromatic ring is 1. The zero-order valence-electron chi connectivity index (χ0n) is 13.8. The summed E-state index contributed by atoms with van der Waals surface area (Å²) in [7, 11) is 1.56. The van der Waals surface area contributed by atoms with Gasteiger partial charge in [0.2, 0.25) is 0 Å². The highest BCUT2D eigenvalue weighted by molar-refractivity contribution is 5.93. The molecule has 0 fully saturated rings. The normalized spacial score (nSPS) is 10.8. The van der Waals surface area contributed by atoms with Crippen molar-refractivity contribution >= 4 is 34.4 Å². The van der Waals surface area contributed by atoms with Gasteiger partial charge in [-0.05, 0) is 25.0 Å². The summed E-state index contributed by atoms with van der Waals surface area (Å²) in [4.78, 5) is 11.8. The summed E-state index contributed by atoms with van der Waals surface area (Å²) in [5.41, 5.74) is 9.32. The molecule has 0 aliphatic carbocycles. The maximum Gasteiger partial charge on any atom is 0.144 e. The third-order valence-electron chi connectivity index (χ3n) is 3.90. The first-order chi connectivity index (χ1) is 12.2. The summed E-state index contributed by atoms with van der Waals surface area (Å²) in [6.07, 6.45) is 4.07. The summed E-state index contributed by atoms with van der Waals surface area (Å²) < 4.78 is 5.37. The third-order valence-corrected chi connectivity index (χ3v) is 3.90. The van der Waals surface area contributed by atoms with E-state index >= 15 is 0 Å². The molecule has 1 aromatic carbocycles. The van der Waals surface area contributed by atoms with Gasteiger partial charge in [-0.15, -0.1) is 0 Å². The molecule has 0 unspecified atom stereocenters. The molecule has 25 heavy (non-hydrogen) atoms. The molecular formula is C17H20N6O2. The summed E-state index contributed by atoms with van der Waals surface area (Å²) >= 11 is 0. The number of ether oxygens (including phenoxy) is 1. The van der Waals surface area contributed by atoms with E-state index in [0.717, 1.165) is 17.5 Å². The van der Waals surface area contributed by atoms with Crippen LogP contribution in [0.4, 0.5) is 17.2 Å². The van der Waals surface area contributed by atoms with Gasteiger partial charge in [0.15, 0.2) is 0 Å². The molecule has 0 saturated carbocycles. The quantitative estimate of drug-likeness (QED) is 0.331. The second-order valence-corrected chi connectivity index (χ2v) is 5.56. The number of aliphatic hydroxyl groups excluding tert-OH is 1. The van der Waals surface area contributed by atoms with Crippen molar-refractivity contribution in [2.75, 3.05) is 24.8 Å². The standard InChI is InChI=1S/C17H20N6O2/c1-25-15-7-13(19)10(8-18)5-14(15)23-17-12-6-11(3-2-4-24)22-16(12)20-9-21-17/h5-9,18,24H,2-4,19H2,1H3,(H2,20,21,22,23). The third kappa shape index (κ3) is 3.38. The minimum Gasteiger partial charge on any atom is -0.494 e. The lowest BCUT2D eigenvalue weighted by Gasteiger charge is -2.13. The van der Waals surface area contributed by atoms with Crippen molar-refractivity contribution in [3.63, 3.8) is 0 Å². The van der Waals surface area contributed by atoms with E-state index in [-0.39, 0.29) is 6.61 Å². The molecule has 0 amide bonds. The number of nitrogens with one attached hydrogen (secondary N) is 3. The van der Waals surface area contributed by atoms with E-state index in [0.29, 0.717) is 40.6 Å². The molecule has 2 aromatic heterocycles. The highest BCUT2D eigenvalue weighted by atomic mass is 16.5. The fraction of sp³-hybridized carbons (Fsp3) is 0.235. The van der Waals surface area contributed by atoms with Crippen LogP contribution >= 0.6 is 0 Å². The molecule has 8 nitrogen and oxygen atoms in total. The van der Waals surface area contributed by atoms with E-state index < -0.39 is 0 Å². The fourth-order valence-electron chi connectivity index (χ4n) is 2.63. The smallest absolute Gasteiger partial charge is 0.144 e. The number of aromatic nitrogens is 3. The molecule has 2 heterocycles. The number of nitrogens with two attached hydrogens (primary N) is 1. The minimum absolute atomic E-state index is 0.140. The Morgan fingerprint density at radius 1 is 1.36 bits per heavy atom. The van der Waals surface area contributed by atoms with Crippen LogP contribution in [0.5, 0.6) is 5.75 Å². The first-order valence-corrected chi connectivity index (χ1v) is 7.84. The van der Waals surface area contributed by atoms with Gasteiger partial charge in [0.05, 0.1) is 18.2 Å². The number of H-pyrrole nitrogens is 1. The zero-order valence-corrected chi connectivity index (χ0v) is 13.8. The van der Waals surface area contributed by atoms with Crippen molar-refractivity contribution in [2.45, 2.75) is 12.8 Å². The number of rotatable bonds is 7. The average molecular weight is 340 g/mol. The Morgan fingerprint density at radius 3 is 2.92 bits per heavy atom. The number of aryl methyl sites for hydroxylation is 1. The Balaban J connectivity index is 2.00. The average Bonchev–Trinajstić information content (AvgIpc) is 3.05. The van der Waals surface area contributed by atoms with Crippen LogP contribution < -0.4 is 15.8 Å². The van der Waals surface area contributed by atoms with Crippen molar-refractivity contribution < 1.29 is 9.84 Å². The van der Waals surface area contributed by atoms with Crippen molar-refractivity contribution in [3.8, 4) is 5.75 Å². The van der Waals surface area contributed by atoms with Crippen LogP contribution in [0.1, 0.15) is 17.7 Å². The van der Waals surface area contributed by atoms with Gasteiger partial charge in [-0.1, -0.05) is 0 Å². The molecule has 3 aromatic rings. The molecular weight excluding hydrogens is 320 g/mol. The summed E-state index contributed by atoms with van der Waals surface area (Å²) in [6, 6.07) is 5.38. The first-order valence-electron chi connectivity index (χ1n) is 7.84. The number of aromatic amines is 1. The highest BCUT2D eigenvalue weighted by Crippen LogP contribution is 2.33. The lowest BCUT2D eigenvalue weighted by Crippen LogP contribution is -2.01. The van der Waals surface area contributed by atoms with E-state index in [1.807, 2.05) is 6.07 Å². The predicted molar refractivity (Wildman–Crippen MR) is 97.9 cm³/mol. The van der Waals surface area contributed by atoms with E-state index in [9.17, 15) is 0 Å². The molecule has 3 rings (SSSR count). The molecule has 0 spiro atoms. The van der Waals surface area contributed by atoms with Gasteiger partial charge >= 0.3 is 0 Å². The number of aliphatic hydroxyl groups is 1. The van der Waals surface area contributed by atoms with E-state index in [1.54, 1.807) is 19.2 Å². The molecule has 6 N–H and O–H groups in total. The van der Waals surface area contributed by atoms with Gasteiger partial charge < -0.3 is 31.3 Å². The van der Waals surface area contributed by atoms with E-state index in [4.69, 9.17) is 21.0 Å². The topological polar surface area (TPSA) is 133 Å². The van der Waals surface area contributed by atoms with Crippen molar-refractivity contribution in [2.24, 2.45) is 0 Å². The maximum absolute atomic E-state index is 8.98. The number of benzene rings is 1. The van der Waals surface area contributed by atoms with Crippen LogP contribution in [0.25, 0.3) is 11.0 Å². The maximum atomic E-state index is 8.98. The molecule has 0 saturated heterocycles. The highest BCUT2D eigenvalue weighted by Gasteiger charge is 2.12. The number of hydrogen-bond donors (Lipinski definition) is 5.